The lowest BCUT2D eigenvalue weighted by molar-refractivity contribution is 0.102. The first-order valence-corrected chi connectivity index (χ1v) is 10.7. The number of nitrogens with zero attached hydrogens (tertiary/aromatic N) is 2. The molecule has 0 bridgehead atoms. The van der Waals surface area contributed by atoms with Gasteiger partial charge in [0.1, 0.15) is 5.69 Å². The van der Waals surface area contributed by atoms with Gasteiger partial charge in [0.05, 0.1) is 33.2 Å². The third-order valence-electron chi connectivity index (χ3n) is 5.14. The SMILES string of the molecule is O=C(Nc1ccc(CN2CCNCC2)nc1)c1cc(C(=O)c2c(Cl)ccc(Cl)c2F)c[nH]1. The van der Waals surface area contributed by atoms with Crippen molar-refractivity contribution in [2.45, 2.75) is 6.54 Å². The first-order valence-electron chi connectivity index (χ1n) is 9.98. The second kappa shape index (κ2) is 9.79. The molecule has 10 heteroatoms. The Morgan fingerprint density at radius 1 is 1.12 bits per heavy atom. The molecule has 32 heavy (non-hydrogen) atoms. The average molecular weight is 476 g/mol. The van der Waals surface area contributed by atoms with E-state index in [1.165, 1.54) is 24.4 Å². The maximum absolute atomic E-state index is 14.3. The summed E-state index contributed by atoms with van der Waals surface area (Å²) in [5.74, 6) is -2.04. The highest BCUT2D eigenvalue weighted by atomic mass is 35.5. The van der Waals surface area contributed by atoms with Crippen LogP contribution in [0.3, 0.4) is 0 Å². The normalized spacial score (nSPS) is 14.3. The Bertz CT molecular complexity index is 1140. The molecule has 1 amide bonds. The van der Waals surface area contributed by atoms with Crippen molar-refractivity contribution in [1.29, 1.82) is 0 Å². The van der Waals surface area contributed by atoms with Crippen LogP contribution in [0.25, 0.3) is 0 Å². The minimum Gasteiger partial charge on any atom is -0.356 e. The minimum absolute atomic E-state index is 0.0592. The number of halogens is 3. The average Bonchev–Trinajstić information content (AvgIpc) is 3.29. The highest BCUT2D eigenvalue weighted by Crippen LogP contribution is 2.28. The largest absolute Gasteiger partial charge is 0.356 e. The fourth-order valence-electron chi connectivity index (χ4n) is 3.42. The van der Waals surface area contributed by atoms with Crippen molar-refractivity contribution in [1.82, 2.24) is 20.2 Å². The summed E-state index contributed by atoms with van der Waals surface area (Å²) in [7, 11) is 0. The lowest BCUT2D eigenvalue weighted by Gasteiger charge is -2.26. The molecule has 3 aromatic rings. The number of nitrogens with one attached hydrogen (secondary N) is 3. The molecular weight excluding hydrogens is 456 g/mol. The zero-order valence-electron chi connectivity index (χ0n) is 16.9. The Balaban J connectivity index is 1.42. The molecule has 1 aromatic carbocycles. The molecule has 1 fully saturated rings. The van der Waals surface area contributed by atoms with Crippen LogP contribution >= 0.6 is 23.2 Å². The number of piperazine rings is 1. The second-order valence-corrected chi connectivity index (χ2v) is 8.18. The molecule has 3 N–H and O–H groups in total. The van der Waals surface area contributed by atoms with Gasteiger partial charge in [-0.1, -0.05) is 23.2 Å². The van der Waals surface area contributed by atoms with E-state index in [0.717, 1.165) is 38.4 Å². The summed E-state index contributed by atoms with van der Waals surface area (Å²) in [6, 6.07) is 7.60. The lowest BCUT2D eigenvalue weighted by Crippen LogP contribution is -2.43. The fourth-order valence-corrected chi connectivity index (χ4v) is 3.81. The van der Waals surface area contributed by atoms with Crippen molar-refractivity contribution in [2.24, 2.45) is 0 Å². The van der Waals surface area contributed by atoms with E-state index in [2.05, 4.69) is 25.5 Å². The first kappa shape index (κ1) is 22.4. The molecule has 3 heterocycles. The molecule has 1 aliphatic rings. The van der Waals surface area contributed by atoms with Crippen molar-refractivity contribution in [3.05, 3.63) is 81.1 Å². The summed E-state index contributed by atoms with van der Waals surface area (Å²) in [6.07, 6.45) is 2.91. The van der Waals surface area contributed by atoms with Crippen molar-refractivity contribution in [2.75, 3.05) is 31.5 Å². The summed E-state index contributed by atoms with van der Waals surface area (Å²) in [6.45, 7) is 4.62. The monoisotopic (exact) mass is 475 g/mol. The van der Waals surface area contributed by atoms with E-state index in [1.807, 2.05) is 6.07 Å². The highest BCUT2D eigenvalue weighted by molar-refractivity contribution is 6.37. The van der Waals surface area contributed by atoms with Crippen LogP contribution in [0.4, 0.5) is 10.1 Å². The molecule has 0 atom stereocenters. The van der Waals surface area contributed by atoms with Crippen LogP contribution in [-0.4, -0.2) is 52.7 Å². The molecule has 4 rings (SSSR count). The van der Waals surface area contributed by atoms with Gasteiger partial charge in [0, 0.05) is 44.5 Å². The predicted molar refractivity (Wildman–Crippen MR) is 121 cm³/mol. The highest BCUT2D eigenvalue weighted by Gasteiger charge is 2.22. The number of aromatic nitrogens is 2. The van der Waals surface area contributed by atoms with E-state index in [0.29, 0.717) is 5.69 Å². The zero-order chi connectivity index (χ0) is 22.7. The standard InChI is InChI=1S/C22H20Cl2FN5O2/c23-16-3-4-17(24)20(25)19(16)21(31)13-9-18(28-10-13)22(32)29-14-1-2-15(27-11-14)12-30-7-5-26-6-8-30/h1-4,9-11,26,28H,5-8,12H2,(H,29,32). The lowest BCUT2D eigenvalue weighted by atomic mass is 10.0. The molecule has 7 nitrogen and oxygen atoms in total. The Hall–Kier alpha value is -2.78. The molecule has 0 aliphatic carbocycles. The molecule has 0 saturated carbocycles. The van der Waals surface area contributed by atoms with Gasteiger partial charge in [-0.3, -0.25) is 19.5 Å². The summed E-state index contributed by atoms with van der Waals surface area (Å²) >= 11 is 11.7. The van der Waals surface area contributed by atoms with Gasteiger partial charge in [-0.25, -0.2) is 4.39 Å². The van der Waals surface area contributed by atoms with Crippen LogP contribution in [0.1, 0.15) is 32.1 Å². The Labute approximate surface area is 193 Å². The van der Waals surface area contributed by atoms with Gasteiger partial charge in [-0.2, -0.15) is 0 Å². The fraction of sp³-hybridized carbons (Fsp3) is 0.227. The number of rotatable bonds is 6. The number of carbonyl (C=O) groups is 2. The van der Waals surface area contributed by atoms with Gasteiger partial charge in [0.2, 0.25) is 0 Å². The summed E-state index contributed by atoms with van der Waals surface area (Å²) in [5.41, 5.74) is 1.32. The minimum atomic E-state index is -0.900. The van der Waals surface area contributed by atoms with Gasteiger partial charge in [-0.05, 0) is 30.3 Å². The van der Waals surface area contributed by atoms with Crippen LogP contribution in [0, 0.1) is 5.82 Å². The summed E-state index contributed by atoms with van der Waals surface area (Å²) in [4.78, 5) is 34.7. The van der Waals surface area contributed by atoms with E-state index in [4.69, 9.17) is 23.2 Å². The van der Waals surface area contributed by atoms with E-state index < -0.39 is 17.5 Å². The van der Waals surface area contributed by atoms with Crippen molar-refractivity contribution in [3.8, 4) is 0 Å². The van der Waals surface area contributed by atoms with Gasteiger partial charge >= 0.3 is 0 Å². The molecular formula is C22H20Cl2FN5O2. The van der Waals surface area contributed by atoms with Crippen LogP contribution in [0.15, 0.2) is 42.7 Å². The Kier molecular flexibility index (Phi) is 6.86. The van der Waals surface area contributed by atoms with Gasteiger partial charge in [0.15, 0.2) is 11.6 Å². The van der Waals surface area contributed by atoms with E-state index >= 15 is 0 Å². The number of pyridine rings is 1. The van der Waals surface area contributed by atoms with Crippen LogP contribution < -0.4 is 10.6 Å². The number of ketones is 1. The molecule has 1 aliphatic heterocycles. The Morgan fingerprint density at radius 3 is 2.59 bits per heavy atom. The number of hydrogen-bond acceptors (Lipinski definition) is 5. The molecule has 1 saturated heterocycles. The number of carbonyl (C=O) groups excluding carboxylic acids is 2. The number of amides is 1. The molecule has 2 aromatic heterocycles. The van der Waals surface area contributed by atoms with Crippen LogP contribution in [0.2, 0.25) is 10.0 Å². The maximum Gasteiger partial charge on any atom is 0.272 e. The topological polar surface area (TPSA) is 90.1 Å². The van der Waals surface area contributed by atoms with E-state index in [1.54, 1.807) is 12.3 Å². The molecule has 0 unspecified atom stereocenters. The summed E-state index contributed by atoms with van der Waals surface area (Å²) in [5, 5.41) is 5.76. The summed E-state index contributed by atoms with van der Waals surface area (Å²) < 4.78 is 14.3. The van der Waals surface area contributed by atoms with Crippen molar-refractivity contribution >= 4 is 40.6 Å². The smallest absolute Gasteiger partial charge is 0.272 e. The van der Waals surface area contributed by atoms with Crippen molar-refractivity contribution < 1.29 is 14.0 Å². The number of benzene rings is 1. The number of aromatic amines is 1. The van der Waals surface area contributed by atoms with Gasteiger partial charge in [-0.15, -0.1) is 0 Å². The predicted octanol–water partition coefficient (Wildman–Crippen LogP) is 3.74. The maximum atomic E-state index is 14.3. The van der Waals surface area contributed by atoms with Gasteiger partial charge in [0.25, 0.3) is 5.91 Å². The zero-order valence-corrected chi connectivity index (χ0v) is 18.4. The number of hydrogen-bond donors (Lipinski definition) is 3. The second-order valence-electron chi connectivity index (χ2n) is 7.37. The quantitative estimate of drug-likeness (QED) is 0.373. The molecule has 0 radical (unpaired) electrons. The van der Waals surface area contributed by atoms with Crippen LogP contribution in [0.5, 0.6) is 0 Å². The van der Waals surface area contributed by atoms with Crippen LogP contribution in [-0.2, 0) is 6.54 Å². The third kappa shape index (κ3) is 4.99. The van der Waals surface area contributed by atoms with Crippen molar-refractivity contribution in [3.63, 3.8) is 0 Å². The molecule has 166 valence electrons. The van der Waals surface area contributed by atoms with Gasteiger partial charge < -0.3 is 15.6 Å². The van der Waals surface area contributed by atoms with E-state index in [-0.39, 0.29) is 26.9 Å². The Morgan fingerprint density at radius 2 is 1.88 bits per heavy atom. The molecule has 0 spiro atoms. The third-order valence-corrected chi connectivity index (χ3v) is 5.75. The number of H-pyrrole nitrogens is 1. The number of anilines is 1. The first-order chi connectivity index (χ1) is 15.4. The van der Waals surface area contributed by atoms with E-state index in [9.17, 15) is 14.0 Å².